The van der Waals surface area contributed by atoms with Crippen molar-refractivity contribution in [1.82, 2.24) is 0 Å². The van der Waals surface area contributed by atoms with Crippen LogP contribution < -0.4 is 0 Å². The Kier molecular flexibility index (Phi) is 51.2. The van der Waals surface area contributed by atoms with Crippen LogP contribution in [0.2, 0.25) is 0 Å². The molecule has 12 atom stereocenters. The molecule has 11 fully saturated rings. The van der Waals surface area contributed by atoms with Crippen LogP contribution in [0.5, 0.6) is 0 Å². The highest BCUT2D eigenvalue weighted by Crippen LogP contribution is 2.44. The zero-order chi connectivity index (χ0) is 58.2. The van der Waals surface area contributed by atoms with Gasteiger partial charge in [0.25, 0.3) is 0 Å². The topological polar surface area (TPSA) is 0 Å². The highest BCUT2D eigenvalue weighted by molar-refractivity contribution is 8.13. The van der Waals surface area contributed by atoms with E-state index in [1.54, 1.807) is 0 Å². The molecule has 0 bridgehead atoms. The van der Waals surface area contributed by atoms with Crippen LogP contribution in [0.1, 0.15) is 13.8 Å². The summed E-state index contributed by atoms with van der Waals surface area (Å²) in [4.78, 5) is 0. The van der Waals surface area contributed by atoms with E-state index in [1.165, 1.54) is 242 Å². The van der Waals surface area contributed by atoms with Crippen molar-refractivity contribution in [3.05, 3.63) is 0 Å². The Morgan fingerprint density at radius 2 is 0.452 bits per heavy atom. The Balaban J connectivity index is 0.000000162. The van der Waals surface area contributed by atoms with Crippen molar-refractivity contribution < 1.29 is 0 Å². The molecule has 84 heavy (non-hydrogen) atoms. The van der Waals surface area contributed by atoms with Crippen LogP contribution in [-0.2, 0) is 0 Å². The van der Waals surface area contributed by atoms with E-state index in [0.29, 0.717) is 5.41 Å². The van der Waals surface area contributed by atoms with Gasteiger partial charge in [0.1, 0.15) is 0 Å². The maximum Gasteiger partial charge on any atom is 0.0229 e. The molecule has 11 aliphatic heterocycles. The molecule has 492 valence electrons. The highest BCUT2D eigenvalue weighted by Gasteiger charge is 2.36. The number of thioether (sulfide) groups is 27. The van der Waals surface area contributed by atoms with Gasteiger partial charge in [0.2, 0.25) is 0 Å². The van der Waals surface area contributed by atoms with Crippen LogP contribution in [0, 0.1) is 5.41 Å². The van der Waals surface area contributed by atoms with E-state index in [1.807, 2.05) is 0 Å². The molecule has 27 heteroatoms. The Hall–Kier alpha value is 9.45. The van der Waals surface area contributed by atoms with Crippen LogP contribution >= 0.6 is 318 Å². The highest BCUT2D eigenvalue weighted by atomic mass is 32.2. The third-order valence-corrected chi connectivity index (χ3v) is 46.9. The lowest BCUT2D eigenvalue weighted by molar-refractivity contribution is 0.515. The van der Waals surface area contributed by atoms with E-state index >= 15 is 0 Å². The van der Waals surface area contributed by atoms with Gasteiger partial charge in [-0.15, -0.1) is 0 Å². The molecule has 11 saturated heterocycles. The van der Waals surface area contributed by atoms with Gasteiger partial charge < -0.3 is 0 Å². The van der Waals surface area contributed by atoms with Gasteiger partial charge in [-0.05, 0) is 11.5 Å². The van der Waals surface area contributed by atoms with E-state index in [2.05, 4.69) is 331 Å². The summed E-state index contributed by atoms with van der Waals surface area (Å²) in [5, 5.41) is 11.9. The largest absolute Gasteiger partial charge is 0.161 e. The molecule has 0 nitrogen and oxygen atoms in total. The molecule has 0 radical (unpaired) electrons. The average molecular weight is 1650 g/mol. The SMILES string of the molecule is C(CSCC1CS1)SCC(CSCC1CS1)SCCSCC1CS1.C(CSCCSCC1CS1)SCCSCCSCC1CS1.C(SCC(CSCC1CS1)(CSCC1CS1)CSCC1CS1)C1CS1.CCSCC1CS1.CCSCC1CS1. The monoisotopic (exact) mass is 1650 g/mol. The van der Waals surface area contributed by atoms with Crippen LogP contribution in [-0.4, -0.2) is 305 Å². The van der Waals surface area contributed by atoms with Crippen molar-refractivity contribution >= 4 is 318 Å². The Morgan fingerprint density at radius 1 is 0.250 bits per heavy atom. The van der Waals surface area contributed by atoms with Crippen molar-refractivity contribution in [3.63, 3.8) is 0 Å². The molecule has 12 unspecified atom stereocenters. The molecule has 0 aliphatic carbocycles. The molecule has 11 heterocycles. The van der Waals surface area contributed by atoms with Gasteiger partial charge in [-0.3, -0.25) is 0 Å². The number of hydrogen-bond donors (Lipinski definition) is 0. The average Bonchev–Trinajstić information content (AvgIpc) is 4.32. The summed E-state index contributed by atoms with van der Waals surface area (Å²) >= 11 is 58.5. The fourth-order valence-corrected chi connectivity index (χ4v) is 37.4. The summed E-state index contributed by atoms with van der Waals surface area (Å²) < 4.78 is 0. The Morgan fingerprint density at radius 3 is 0.714 bits per heavy atom. The van der Waals surface area contributed by atoms with Crippen molar-refractivity contribution in [1.29, 1.82) is 0 Å². The molecule has 0 aromatic heterocycles. The quantitative estimate of drug-likeness (QED) is 0.0419. The molecule has 0 aromatic carbocycles. The lowest BCUT2D eigenvalue weighted by Gasteiger charge is -2.33. The Labute approximate surface area is 631 Å². The van der Waals surface area contributed by atoms with Crippen LogP contribution in [0.4, 0.5) is 0 Å². The molecule has 0 amide bonds. The Bertz CT molecular complexity index is 1420. The standard InChI is InChI=1S/C17H28S8.C16H28S8.C14H26S7.2C5H10S2/c1(13-5-22-13)18-9-17(10-19-2-14-6-23-14,11-20-3-15-7-24-15)12-21-4-16-8-25-16;1(2-18-6-14-10-22-14)17-5-13(8-20-9-16-12-24-16)21-4-3-19-7-15-11-23-15;1(3-16-5-7-18-9-13-11-20-13)15-2-4-17-6-8-19-10-14-12-21-14;2*1-2-6-3-5-4-7-5/h13-16H,1-12H2;13-16H,1-12H2;13-14H,1-12H2;2*5H,2-4H2,1H3. The van der Waals surface area contributed by atoms with E-state index in [0.717, 1.165) is 63.0 Å². The fraction of sp³-hybridized carbons (Fsp3) is 1.00. The summed E-state index contributed by atoms with van der Waals surface area (Å²) in [5.41, 5.74) is 0.572. The minimum Gasteiger partial charge on any atom is -0.161 e. The predicted octanol–water partition coefficient (Wildman–Crippen LogP) is 19.3. The molecular weight excluding hydrogens is 1550 g/mol. The van der Waals surface area contributed by atoms with Gasteiger partial charge in [0, 0.05) is 299 Å². The molecule has 0 N–H and O–H groups in total. The molecule has 0 saturated carbocycles. The fourth-order valence-electron chi connectivity index (χ4n) is 6.90. The van der Waals surface area contributed by atoms with Crippen LogP contribution in [0.25, 0.3) is 0 Å². The van der Waals surface area contributed by atoms with Crippen LogP contribution in [0.15, 0.2) is 0 Å². The zero-order valence-electron chi connectivity index (χ0n) is 50.1. The summed E-state index contributed by atoms with van der Waals surface area (Å²) in [5.74, 6) is 58.3. The molecule has 0 spiro atoms. The van der Waals surface area contributed by atoms with Gasteiger partial charge in [-0.2, -0.15) is 318 Å². The van der Waals surface area contributed by atoms with E-state index in [9.17, 15) is 0 Å². The smallest absolute Gasteiger partial charge is 0.0229 e. The van der Waals surface area contributed by atoms with Crippen molar-refractivity contribution in [3.8, 4) is 0 Å². The van der Waals surface area contributed by atoms with Gasteiger partial charge in [0.05, 0.1) is 0 Å². The zero-order valence-corrected chi connectivity index (χ0v) is 72.2. The second-order valence-electron chi connectivity index (χ2n) is 21.6. The summed E-state index contributed by atoms with van der Waals surface area (Å²) in [7, 11) is 0. The lowest BCUT2D eigenvalue weighted by atomic mass is 9.99. The van der Waals surface area contributed by atoms with Crippen molar-refractivity contribution in [2.45, 2.75) is 76.8 Å². The van der Waals surface area contributed by atoms with E-state index in [-0.39, 0.29) is 0 Å². The maximum atomic E-state index is 2.28. The first-order valence-corrected chi connectivity index (χ1v) is 60.5. The summed E-state index contributed by atoms with van der Waals surface area (Å²) in [6, 6.07) is 0. The number of hydrogen-bond acceptors (Lipinski definition) is 27. The number of rotatable bonds is 55. The second-order valence-corrected chi connectivity index (χ2v) is 55.0. The van der Waals surface area contributed by atoms with E-state index in [4.69, 9.17) is 0 Å². The normalized spacial score (nSPS) is 29.0. The van der Waals surface area contributed by atoms with Crippen molar-refractivity contribution in [2.75, 3.05) is 242 Å². The summed E-state index contributed by atoms with van der Waals surface area (Å²) in [6.45, 7) is 4.44. The van der Waals surface area contributed by atoms with Gasteiger partial charge in [0.15, 0.2) is 0 Å². The molecular formula is C57H102S27. The minimum atomic E-state index is 0.572. The minimum absolute atomic E-state index is 0.572. The van der Waals surface area contributed by atoms with Crippen molar-refractivity contribution in [2.24, 2.45) is 5.41 Å². The summed E-state index contributed by atoms with van der Waals surface area (Å²) in [6.07, 6.45) is 0. The molecule has 0 aromatic rings. The first-order chi connectivity index (χ1) is 41.5. The third kappa shape index (κ3) is 52.4. The molecule has 11 rings (SSSR count). The first-order valence-electron chi connectivity index (χ1n) is 30.6. The molecule has 11 aliphatic rings. The van der Waals surface area contributed by atoms with E-state index < -0.39 is 0 Å². The van der Waals surface area contributed by atoms with Gasteiger partial charge >= 0.3 is 0 Å². The lowest BCUT2D eigenvalue weighted by Crippen LogP contribution is -2.34. The van der Waals surface area contributed by atoms with Gasteiger partial charge in [-0.25, -0.2) is 0 Å². The predicted molar refractivity (Wildman–Crippen MR) is 469 cm³/mol. The first kappa shape index (κ1) is 80.8. The second kappa shape index (κ2) is 53.3. The third-order valence-electron chi connectivity index (χ3n) is 12.9. The van der Waals surface area contributed by atoms with Gasteiger partial charge in [-0.1, -0.05) is 13.8 Å². The maximum absolute atomic E-state index is 2.28. The van der Waals surface area contributed by atoms with Crippen LogP contribution in [0.3, 0.4) is 0 Å².